The lowest BCUT2D eigenvalue weighted by atomic mass is 9.98. The lowest BCUT2D eigenvalue weighted by Gasteiger charge is -2.15. The second-order valence-electron chi connectivity index (χ2n) is 4.41. The number of hydrogen-bond acceptors (Lipinski definition) is 1. The Kier molecular flexibility index (Phi) is 3.69. The second-order valence-corrected chi connectivity index (χ2v) is 4.82. The first-order chi connectivity index (χ1) is 8.50. The molecule has 18 heavy (non-hydrogen) atoms. The van der Waals surface area contributed by atoms with Crippen LogP contribution in [0.25, 0.3) is 0 Å². The van der Waals surface area contributed by atoms with E-state index in [1.807, 2.05) is 25.1 Å². The molecule has 94 valence electrons. The van der Waals surface area contributed by atoms with Crippen LogP contribution in [0.2, 0.25) is 5.02 Å². The highest BCUT2D eigenvalue weighted by Gasteiger charge is 2.19. The minimum absolute atomic E-state index is 0.141. The molecule has 0 aromatic heterocycles. The Labute approximate surface area is 111 Å². The van der Waals surface area contributed by atoms with Gasteiger partial charge in [0.05, 0.1) is 0 Å². The predicted octanol–water partition coefficient (Wildman–Crippen LogP) is 4.18. The summed E-state index contributed by atoms with van der Waals surface area (Å²) in [6.07, 6.45) is -1.04. The van der Waals surface area contributed by atoms with E-state index in [4.69, 9.17) is 11.6 Å². The van der Waals surface area contributed by atoms with Crippen LogP contribution < -0.4 is 0 Å². The third-order valence-corrected chi connectivity index (χ3v) is 3.28. The molecule has 1 unspecified atom stereocenters. The molecule has 0 bridgehead atoms. The molecule has 0 aliphatic rings. The smallest absolute Gasteiger partial charge is 0.133 e. The van der Waals surface area contributed by atoms with Gasteiger partial charge in [-0.05, 0) is 31.0 Å². The molecule has 1 N–H and O–H groups in total. The van der Waals surface area contributed by atoms with Crippen molar-refractivity contribution in [2.24, 2.45) is 0 Å². The second kappa shape index (κ2) is 5.09. The molecule has 0 radical (unpaired) electrons. The average Bonchev–Trinajstić information content (AvgIpc) is 2.34. The van der Waals surface area contributed by atoms with Crippen LogP contribution in [0.3, 0.4) is 0 Å². The maximum atomic E-state index is 14.1. The van der Waals surface area contributed by atoms with Gasteiger partial charge in [-0.15, -0.1) is 0 Å². The van der Waals surface area contributed by atoms with Crippen LogP contribution in [0.5, 0.6) is 0 Å². The summed E-state index contributed by atoms with van der Waals surface area (Å²) in [4.78, 5) is 0. The lowest BCUT2D eigenvalue weighted by Crippen LogP contribution is -2.05. The first kappa shape index (κ1) is 13.1. The third-order valence-electron chi connectivity index (χ3n) is 2.95. The Balaban J connectivity index is 2.52. The van der Waals surface area contributed by atoms with E-state index in [1.54, 1.807) is 25.1 Å². The molecule has 1 nitrogen and oxygen atoms in total. The fourth-order valence-electron chi connectivity index (χ4n) is 1.94. The largest absolute Gasteiger partial charge is 0.383 e. The summed E-state index contributed by atoms with van der Waals surface area (Å²) < 4.78 is 14.1. The van der Waals surface area contributed by atoms with Crippen molar-refractivity contribution < 1.29 is 9.50 Å². The van der Waals surface area contributed by atoms with Crippen LogP contribution in [-0.2, 0) is 0 Å². The van der Waals surface area contributed by atoms with Gasteiger partial charge in [0.1, 0.15) is 11.9 Å². The third kappa shape index (κ3) is 2.40. The molecule has 0 aliphatic heterocycles. The minimum atomic E-state index is -1.04. The van der Waals surface area contributed by atoms with E-state index in [-0.39, 0.29) is 10.6 Å². The highest BCUT2D eigenvalue weighted by Crippen LogP contribution is 2.32. The molecule has 0 heterocycles. The van der Waals surface area contributed by atoms with Crippen LogP contribution in [0, 0.1) is 19.7 Å². The van der Waals surface area contributed by atoms with Gasteiger partial charge in [0.15, 0.2) is 0 Å². The number of aryl methyl sites for hydroxylation is 2. The van der Waals surface area contributed by atoms with Crippen LogP contribution in [-0.4, -0.2) is 5.11 Å². The number of benzene rings is 2. The van der Waals surface area contributed by atoms with Crippen molar-refractivity contribution in [3.05, 3.63) is 69.5 Å². The van der Waals surface area contributed by atoms with Gasteiger partial charge < -0.3 is 5.11 Å². The summed E-state index contributed by atoms with van der Waals surface area (Å²) in [5, 5.41) is 10.5. The van der Waals surface area contributed by atoms with Gasteiger partial charge in [0.25, 0.3) is 0 Å². The van der Waals surface area contributed by atoms with Crippen molar-refractivity contribution in [1.82, 2.24) is 0 Å². The standard InChI is InChI=1S/C15H14ClFO/c1-9-4-3-5-11(8-9)15(18)13-12(16)7-6-10(2)14(13)17/h3-8,15,18H,1-2H3. The molecular formula is C15H14ClFO. The van der Waals surface area contributed by atoms with E-state index in [0.717, 1.165) is 5.56 Å². The summed E-state index contributed by atoms with van der Waals surface area (Å²) in [5.41, 5.74) is 2.26. The zero-order valence-corrected chi connectivity index (χ0v) is 11.0. The minimum Gasteiger partial charge on any atom is -0.383 e. The van der Waals surface area contributed by atoms with Gasteiger partial charge in [-0.3, -0.25) is 0 Å². The molecule has 0 spiro atoms. The average molecular weight is 265 g/mol. The monoisotopic (exact) mass is 264 g/mol. The van der Waals surface area contributed by atoms with Gasteiger partial charge in [0.2, 0.25) is 0 Å². The summed E-state index contributed by atoms with van der Waals surface area (Å²) in [6.45, 7) is 3.57. The number of halogens is 2. The van der Waals surface area contributed by atoms with Crippen molar-refractivity contribution in [3.8, 4) is 0 Å². The normalized spacial score (nSPS) is 12.5. The molecular weight excluding hydrogens is 251 g/mol. The van der Waals surface area contributed by atoms with Crippen LogP contribution >= 0.6 is 11.6 Å². The molecule has 1 atom stereocenters. The van der Waals surface area contributed by atoms with E-state index in [9.17, 15) is 9.50 Å². The zero-order valence-electron chi connectivity index (χ0n) is 10.2. The van der Waals surface area contributed by atoms with Gasteiger partial charge in [-0.25, -0.2) is 4.39 Å². The molecule has 0 aliphatic carbocycles. The first-order valence-electron chi connectivity index (χ1n) is 5.70. The summed E-state index contributed by atoms with van der Waals surface area (Å²) >= 11 is 5.99. The van der Waals surface area contributed by atoms with Crippen molar-refractivity contribution in [1.29, 1.82) is 0 Å². The van der Waals surface area contributed by atoms with Crippen LogP contribution in [0.15, 0.2) is 36.4 Å². The molecule has 0 amide bonds. The van der Waals surface area contributed by atoms with Crippen molar-refractivity contribution in [2.75, 3.05) is 0 Å². The van der Waals surface area contributed by atoms with E-state index >= 15 is 0 Å². The Morgan fingerprint density at radius 3 is 2.56 bits per heavy atom. The fourth-order valence-corrected chi connectivity index (χ4v) is 2.19. The number of hydrogen-bond donors (Lipinski definition) is 1. The Bertz CT molecular complexity index is 581. The molecule has 0 saturated heterocycles. The maximum absolute atomic E-state index is 14.1. The number of aliphatic hydroxyl groups is 1. The lowest BCUT2D eigenvalue weighted by molar-refractivity contribution is 0.215. The van der Waals surface area contributed by atoms with Crippen LogP contribution in [0.1, 0.15) is 28.4 Å². The topological polar surface area (TPSA) is 20.2 Å². The van der Waals surface area contributed by atoms with E-state index in [1.165, 1.54) is 0 Å². The van der Waals surface area contributed by atoms with Crippen molar-refractivity contribution in [2.45, 2.75) is 20.0 Å². The Hall–Kier alpha value is -1.38. The van der Waals surface area contributed by atoms with Crippen molar-refractivity contribution in [3.63, 3.8) is 0 Å². The van der Waals surface area contributed by atoms with Gasteiger partial charge in [-0.1, -0.05) is 47.5 Å². The van der Waals surface area contributed by atoms with Crippen molar-refractivity contribution >= 4 is 11.6 Å². The number of rotatable bonds is 2. The van der Waals surface area contributed by atoms with Gasteiger partial charge >= 0.3 is 0 Å². The summed E-state index contributed by atoms with van der Waals surface area (Å²) in [6, 6.07) is 10.5. The first-order valence-corrected chi connectivity index (χ1v) is 6.07. The van der Waals surface area contributed by atoms with Gasteiger partial charge in [0, 0.05) is 10.6 Å². The molecule has 0 saturated carbocycles. The zero-order chi connectivity index (χ0) is 13.3. The molecule has 2 rings (SSSR count). The molecule has 3 heteroatoms. The fraction of sp³-hybridized carbons (Fsp3) is 0.200. The molecule has 2 aromatic carbocycles. The summed E-state index contributed by atoms with van der Waals surface area (Å²) in [5.74, 6) is -0.448. The molecule has 0 fully saturated rings. The van der Waals surface area contributed by atoms with Gasteiger partial charge in [-0.2, -0.15) is 0 Å². The maximum Gasteiger partial charge on any atom is 0.133 e. The van der Waals surface area contributed by atoms with Crippen LogP contribution in [0.4, 0.5) is 4.39 Å². The Morgan fingerprint density at radius 2 is 1.89 bits per heavy atom. The predicted molar refractivity (Wildman–Crippen MR) is 71.4 cm³/mol. The number of aliphatic hydroxyl groups excluding tert-OH is 1. The van der Waals surface area contributed by atoms with E-state index in [0.29, 0.717) is 11.1 Å². The highest BCUT2D eigenvalue weighted by molar-refractivity contribution is 6.31. The summed E-state index contributed by atoms with van der Waals surface area (Å²) in [7, 11) is 0. The SMILES string of the molecule is Cc1cccc(C(O)c2c(Cl)ccc(C)c2F)c1. The van der Waals surface area contributed by atoms with E-state index in [2.05, 4.69) is 0 Å². The quantitative estimate of drug-likeness (QED) is 0.863. The molecule has 2 aromatic rings. The van der Waals surface area contributed by atoms with E-state index < -0.39 is 11.9 Å². The Morgan fingerprint density at radius 1 is 1.17 bits per heavy atom. The highest BCUT2D eigenvalue weighted by atomic mass is 35.5.